The van der Waals surface area contributed by atoms with Gasteiger partial charge in [-0.05, 0) is 49.9 Å². The van der Waals surface area contributed by atoms with Crippen LogP contribution in [-0.4, -0.2) is 28.9 Å². The Labute approximate surface area is 152 Å². The first-order chi connectivity index (χ1) is 12.6. The van der Waals surface area contributed by atoms with Crippen LogP contribution in [0.2, 0.25) is 0 Å². The Morgan fingerprint density at radius 1 is 1.19 bits per heavy atom. The molecule has 3 rings (SSSR count). The van der Waals surface area contributed by atoms with E-state index < -0.39 is 4.92 Å². The number of amides is 1. The Balaban J connectivity index is 1.88. The maximum Gasteiger partial charge on any atom is 0.270 e. The first-order valence-electron chi connectivity index (χ1n) is 8.80. The zero-order valence-electron chi connectivity index (χ0n) is 14.7. The lowest BCUT2D eigenvalue weighted by Crippen LogP contribution is -2.33. The molecule has 2 aromatic rings. The molecule has 7 heteroatoms. The lowest BCUT2D eigenvalue weighted by Gasteiger charge is -2.30. The van der Waals surface area contributed by atoms with Gasteiger partial charge in [0.15, 0.2) is 0 Å². The number of benzene rings is 1. The van der Waals surface area contributed by atoms with Crippen LogP contribution in [0.5, 0.6) is 0 Å². The fourth-order valence-corrected chi connectivity index (χ4v) is 3.24. The summed E-state index contributed by atoms with van der Waals surface area (Å²) in [5, 5.41) is 14.1. The number of hydrogen-bond donors (Lipinski definition) is 1. The molecule has 1 N–H and O–H groups in total. The highest BCUT2D eigenvalue weighted by molar-refractivity contribution is 6.00. The van der Waals surface area contributed by atoms with Crippen LogP contribution in [0.15, 0.2) is 42.7 Å². The van der Waals surface area contributed by atoms with E-state index in [2.05, 4.69) is 15.2 Å². The van der Waals surface area contributed by atoms with Crippen molar-refractivity contribution in [2.24, 2.45) is 0 Å². The normalized spacial score (nSPS) is 15.3. The number of piperidine rings is 1. The zero-order chi connectivity index (χ0) is 18.5. The number of nitro groups is 1. The molecule has 1 unspecified atom stereocenters. The highest BCUT2D eigenvalue weighted by Crippen LogP contribution is 2.28. The van der Waals surface area contributed by atoms with Crippen LogP contribution in [0.4, 0.5) is 11.4 Å². The van der Waals surface area contributed by atoms with Crippen LogP contribution in [0.25, 0.3) is 0 Å². The minimum atomic E-state index is -0.469. The molecule has 2 heterocycles. The average molecular weight is 354 g/mol. The molecule has 7 nitrogen and oxygen atoms in total. The number of nitrogens with one attached hydrogen (secondary N) is 1. The van der Waals surface area contributed by atoms with Gasteiger partial charge in [0.05, 0.1) is 22.2 Å². The van der Waals surface area contributed by atoms with Gasteiger partial charge in [-0.25, -0.2) is 0 Å². The summed E-state index contributed by atoms with van der Waals surface area (Å²) in [4.78, 5) is 29.7. The maximum absolute atomic E-state index is 12.9. The van der Waals surface area contributed by atoms with Crippen LogP contribution < -0.4 is 10.2 Å². The summed E-state index contributed by atoms with van der Waals surface area (Å²) in [7, 11) is 0. The number of aromatic nitrogens is 1. The summed E-state index contributed by atoms with van der Waals surface area (Å²) in [5.74, 6) is -0.307. The molecule has 1 amide bonds. The molecule has 1 atom stereocenters. The standard InChI is InChI=1S/C19H22N4O3/c1-14(15-7-9-20-10-8-15)21-19(24)17-13-16(23(25)26)5-6-18(17)22-11-3-2-4-12-22/h5-10,13-14H,2-4,11-12H2,1H3,(H,21,24). The van der Waals surface area contributed by atoms with Crippen molar-refractivity contribution >= 4 is 17.3 Å². The molecule has 1 aliphatic rings. The number of hydrogen-bond acceptors (Lipinski definition) is 5. The van der Waals surface area contributed by atoms with Crippen molar-refractivity contribution in [3.63, 3.8) is 0 Å². The Morgan fingerprint density at radius 3 is 2.54 bits per heavy atom. The number of rotatable bonds is 5. The second-order valence-electron chi connectivity index (χ2n) is 6.48. The van der Waals surface area contributed by atoms with Gasteiger partial charge in [0.25, 0.3) is 11.6 Å². The summed E-state index contributed by atoms with van der Waals surface area (Å²) in [6.45, 7) is 3.60. The molecular weight excluding hydrogens is 332 g/mol. The first kappa shape index (κ1) is 17.8. The van der Waals surface area contributed by atoms with Crippen molar-refractivity contribution in [3.8, 4) is 0 Å². The first-order valence-corrected chi connectivity index (χ1v) is 8.80. The Kier molecular flexibility index (Phi) is 5.46. The molecule has 0 aliphatic carbocycles. The molecule has 1 aromatic carbocycles. The number of pyridine rings is 1. The topological polar surface area (TPSA) is 88.4 Å². The van der Waals surface area contributed by atoms with Crippen molar-refractivity contribution < 1.29 is 9.72 Å². The Hall–Kier alpha value is -2.96. The van der Waals surface area contributed by atoms with Gasteiger partial charge in [-0.3, -0.25) is 19.9 Å². The van der Waals surface area contributed by atoms with Crippen molar-refractivity contribution in [1.82, 2.24) is 10.3 Å². The average Bonchev–Trinajstić information content (AvgIpc) is 2.68. The number of nitro benzene ring substituents is 1. The van der Waals surface area contributed by atoms with Crippen LogP contribution in [0.1, 0.15) is 48.1 Å². The van der Waals surface area contributed by atoms with E-state index in [4.69, 9.17) is 0 Å². The summed E-state index contributed by atoms with van der Waals surface area (Å²) < 4.78 is 0. The molecule has 1 aliphatic heterocycles. The number of nitrogens with zero attached hydrogens (tertiary/aromatic N) is 3. The number of carbonyl (C=O) groups excluding carboxylic acids is 1. The fourth-order valence-electron chi connectivity index (χ4n) is 3.24. The number of anilines is 1. The predicted molar refractivity (Wildman–Crippen MR) is 99.3 cm³/mol. The van der Waals surface area contributed by atoms with Crippen LogP contribution in [0.3, 0.4) is 0 Å². The molecule has 26 heavy (non-hydrogen) atoms. The van der Waals surface area contributed by atoms with Gasteiger partial charge in [-0.15, -0.1) is 0 Å². The predicted octanol–water partition coefficient (Wildman–Crippen LogP) is 3.47. The zero-order valence-corrected chi connectivity index (χ0v) is 14.7. The van der Waals surface area contributed by atoms with E-state index in [1.165, 1.54) is 18.6 Å². The van der Waals surface area contributed by atoms with Gasteiger partial charge in [0.2, 0.25) is 0 Å². The Bertz CT molecular complexity index is 789. The molecule has 1 fully saturated rings. The van der Waals surface area contributed by atoms with E-state index >= 15 is 0 Å². The highest BCUT2D eigenvalue weighted by atomic mass is 16.6. The van der Waals surface area contributed by atoms with Gasteiger partial charge in [-0.1, -0.05) is 0 Å². The van der Waals surface area contributed by atoms with E-state index in [1.54, 1.807) is 18.5 Å². The lowest BCUT2D eigenvalue weighted by molar-refractivity contribution is -0.384. The minimum absolute atomic E-state index is 0.0764. The second kappa shape index (κ2) is 7.95. The summed E-state index contributed by atoms with van der Waals surface area (Å²) in [5.41, 5.74) is 1.96. The van der Waals surface area contributed by atoms with Gasteiger partial charge in [0.1, 0.15) is 0 Å². The molecule has 0 radical (unpaired) electrons. The quantitative estimate of drug-likeness (QED) is 0.656. The van der Waals surface area contributed by atoms with Crippen LogP contribution in [-0.2, 0) is 0 Å². The SMILES string of the molecule is CC(NC(=O)c1cc([N+](=O)[O-])ccc1N1CCCCC1)c1ccncc1. The lowest BCUT2D eigenvalue weighted by atomic mass is 10.0. The summed E-state index contributed by atoms with van der Waals surface area (Å²) in [6, 6.07) is 7.98. The van der Waals surface area contributed by atoms with Crippen molar-refractivity contribution in [2.45, 2.75) is 32.2 Å². The van der Waals surface area contributed by atoms with Gasteiger partial charge < -0.3 is 10.2 Å². The molecule has 1 saturated heterocycles. The smallest absolute Gasteiger partial charge is 0.270 e. The van der Waals surface area contributed by atoms with E-state index in [9.17, 15) is 14.9 Å². The fraction of sp³-hybridized carbons (Fsp3) is 0.368. The maximum atomic E-state index is 12.9. The van der Waals surface area contributed by atoms with Crippen molar-refractivity contribution in [3.05, 3.63) is 64.0 Å². The van der Waals surface area contributed by atoms with Gasteiger partial charge in [0, 0.05) is 37.6 Å². The third-order valence-corrected chi connectivity index (χ3v) is 4.69. The Morgan fingerprint density at radius 2 is 1.88 bits per heavy atom. The molecule has 1 aromatic heterocycles. The van der Waals surface area contributed by atoms with Gasteiger partial charge >= 0.3 is 0 Å². The van der Waals surface area contributed by atoms with E-state index in [-0.39, 0.29) is 17.6 Å². The third kappa shape index (κ3) is 3.99. The second-order valence-corrected chi connectivity index (χ2v) is 6.48. The molecular formula is C19H22N4O3. The minimum Gasteiger partial charge on any atom is -0.371 e. The highest BCUT2D eigenvalue weighted by Gasteiger charge is 2.23. The number of non-ortho nitro benzene ring substituents is 1. The largest absolute Gasteiger partial charge is 0.371 e. The molecule has 0 bridgehead atoms. The number of carbonyl (C=O) groups is 1. The summed E-state index contributed by atoms with van der Waals surface area (Å²) >= 11 is 0. The van der Waals surface area contributed by atoms with Crippen molar-refractivity contribution in [2.75, 3.05) is 18.0 Å². The van der Waals surface area contributed by atoms with E-state index in [0.29, 0.717) is 5.56 Å². The third-order valence-electron chi connectivity index (χ3n) is 4.69. The molecule has 0 spiro atoms. The monoisotopic (exact) mass is 354 g/mol. The van der Waals surface area contributed by atoms with Crippen molar-refractivity contribution in [1.29, 1.82) is 0 Å². The van der Waals surface area contributed by atoms with Crippen LogP contribution >= 0.6 is 0 Å². The van der Waals surface area contributed by atoms with E-state index in [1.807, 2.05) is 19.1 Å². The summed E-state index contributed by atoms with van der Waals surface area (Å²) in [6.07, 6.45) is 6.63. The van der Waals surface area contributed by atoms with Gasteiger partial charge in [-0.2, -0.15) is 0 Å². The van der Waals surface area contributed by atoms with Crippen LogP contribution in [0, 0.1) is 10.1 Å². The molecule has 0 saturated carbocycles. The molecule has 136 valence electrons. The van der Waals surface area contributed by atoms with E-state index in [0.717, 1.165) is 37.2 Å².